The fourth-order valence-corrected chi connectivity index (χ4v) is 4.72. The number of rotatable bonds is 8. The number of nitrogens with one attached hydrogen (secondary N) is 1. The van der Waals surface area contributed by atoms with Gasteiger partial charge in [0, 0.05) is 24.7 Å². The van der Waals surface area contributed by atoms with Crippen LogP contribution >= 0.6 is 0 Å². The van der Waals surface area contributed by atoms with Crippen LogP contribution in [0.4, 0.5) is 5.82 Å². The number of hydrogen-bond donors (Lipinski definition) is 1. The summed E-state index contributed by atoms with van der Waals surface area (Å²) in [5.74, 6) is 0.871. The predicted octanol–water partition coefficient (Wildman–Crippen LogP) is 3.14. The summed E-state index contributed by atoms with van der Waals surface area (Å²) in [6, 6.07) is 8.13. The van der Waals surface area contributed by atoms with Gasteiger partial charge in [0.1, 0.15) is 5.82 Å². The van der Waals surface area contributed by atoms with Crippen LogP contribution in [0.2, 0.25) is 0 Å². The highest BCUT2D eigenvalue weighted by Crippen LogP contribution is 2.40. The zero-order valence-electron chi connectivity index (χ0n) is 15.9. The Morgan fingerprint density at radius 1 is 1.30 bits per heavy atom. The van der Waals surface area contributed by atoms with Gasteiger partial charge < -0.3 is 5.32 Å². The van der Waals surface area contributed by atoms with Crippen LogP contribution in [0.5, 0.6) is 0 Å². The number of benzene rings is 1. The highest BCUT2D eigenvalue weighted by molar-refractivity contribution is 7.89. The smallest absolute Gasteiger partial charge is 0.256 e. The van der Waals surface area contributed by atoms with Crippen molar-refractivity contribution in [2.24, 2.45) is 5.92 Å². The van der Waals surface area contributed by atoms with E-state index in [1.54, 1.807) is 38.2 Å². The van der Waals surface area contributed by atoms with Gasteiger partial charge in [-0.2, -0.15) is 9.40 Å². The predicted molar refractivity (Wildman–Crippen MR) is 104 cm³/mol. The molecule has 0 saturated heterocycles. The SMILES string of the molecule is CCN(CC)S(=O)(=O)c1cccc(C(=O)Nc2ccnn2C(C)C2CC2)c1. The first-order chi connectivity index (χ1) is 12.9. The fraction of sp³-hybridized carbons (Fsp3) is 0.474. The summed E-state index contributed by atoms with van der Waals surface area (Å²) in [4.78, 5) is 12.8. The third-order valence-corrected chi connectivity index (χ3v) is 7.09. The molecule has 1 fully saturated rings. The molecule has 0 spiro atoms. The zero-order chi connectivity index (χ0) is 19.6. The Balaban J connectivity index is 1.82. The van der Waals surface area contributed by atoms with E-state index < -0.39 is 10.0 Å². The molecule has 1 unspecified atom stereocenters. The van der Waals surface area contributed by atoms with Crippen LogP contribution in [-0.2, 0) is 10.0 Å². The molecule has 3 rings (SSSR count). The number of nitrogens with zero attached hydrogens (tertiary/aromatic N) is 3. The highest BCUT2D eigenvalue weighted by Gasteiger charge is 2.31. The number of aromatic nitrogens is 2. The van der Waals surface area contributed by atoms with Crippen molar-refractivity contribution in [1.29, 1.82) is 0 Å². The van der Waals surface area contributed by atoms with Gasteiger partial charge in [0.05, 0.1) is 17.1 Å². The molecule has 1 aliphatic rings. The van der Waals surface area contributed by atoms with Gasteiger partial charge in [-0.1, -0.05) is 19.9 Å². The molecule has 1 aliphatic carbocycles. The second-order valence-corrected chi connectivity index (χ2v) is 8.75. The molecular formula is C19H26N4O3S. The maximum absolute atomic E-state index is 12.7. The van der Waals surface area contributed by atoms with Gasteiger partial charge in [0.25, 0.3) is 5.91 Å². The van der Waals surface area contributed by atoms with Crippen molar-refractivity contribution in [2.45, 2.75) is 44.6 Å². The zero-order valence-corrected chi connectivity index (χ0v) is 16.7. The second-order valence-electron chi connectivity index (χ2n) is 6.81. The molecule has 8 heteroatoms. The van der Waals surface area contributed by atoms with Gasteiger partial charge >= 0.3 is 0 Å². The Bertz CT molecular complexity index is 915. The second kappa shape index (κ2) is 7.82. The van der Waals surface area contributed by atoms with Gasteiger partial charge in [-0.15, -0.1) is 0 Å². The first kappa shape index (κ1) is 19.6. The maximum atomic E-state index is 12.7. The van der Waals surface area contributed by atoms with E-state index in [1.165, 1.54) is 29.3 Å². The van der Waals surface area contributed by atoms with E-state index in [0.29, 0.717) is 30.4 Å². The molecule has 2 aromatic rings. The lowest BCUT2D eigenvalue weighted by Crippen LogP contribution is -2.30. The van der Waals surface area contributed by atoms with Crippen LogP contribution in [0.1, 0.15) is 50.0 Å². The van der Waals surface area contributed by atoms with Gasteiger partial charge in [-0.3, -0.25) is 4.79 Å². The van der Waals surface area contributed by atoms with E-state index in [9.17, 15) is 13.2 Å². The van der Waals surface area contributed by atoms with Crippen LogP contribution in [0, 0.1) is 5.92 Å². The molecule has 146 valence electrons. The van der Waals surface area contributed by atoms with Crippen molar-refractivity contribution < 1.29 is 13.2 Å². The molecule has 1 heterocycles. The van der Waals surface area contributed by atoms with E-state index in [1.807, 2.05) is 4.68 Å². The first-order valence-corrected chi connectivity index (χ1v) is 10.8. The normalized spacial score (nSPS) is 15.7. The Labute approximate surface area is 160 Å². The summed E-state index contributed by atoms with van der Waals surface area (Å²) in [5.41, 5.74) is 0.301. The summed E-state index contributed by atoms with van der Waals surface area (Å²) in [5, 5.41) is 7.18. The van der Waals surface area contributed by atoms with Crippen LogP contribution in [0.25, 0.3) is 0 Å². The van der Waals surface area contributed by atoms with Gasteiger partial charge in [-0.05, 0) is 43.9 Å². The van der Waals surface area contributed by atoms with Crippen molar-refractivity contribution in [1.82, 2.24) is 14.1 Å². The molecular weight excluding hydrogens is 364 g/mol. The summed E-state index contributed by atoms with van der Waals surface area (Å²) in [6.45, 7) is 6.44. The Morgan fingerprint density at radius 3 is 2.63 bits per heavy atom. The number of hydrogen-bond acceptors (Lipinski definition) is 4. The molecule has 27 heavy (non-hydrogen) atoms. The average molecular weight is 391 g/mol. The lowest BCUT2D eigenvalue weighted by molar-refractivity contribution is 0.102. The molecule has 1 saturated carbocycles. The third kappa shape index (κ3) is 4.06. The topological polar surface area (TPSA) is 84.3 Å². The minimum absolute atomic E-state index is 0.124. The molecule has 1 aromatic carbocycles. The number of carbonyl (C=O) groups is 1. The van der Waals surface area contributed by atoms with Crippen LogP contribution in [-0.4, -0.2) is 41.5 Å². The van der Waals surface area contributed by atoms with Gasteiger partial charge in [0.15, 0.2) is 0 Å². The quantitative estimate of drug-likeness (QED) is 0.750. The average Bonchev–Trinajstić information content (AvgIpc) is 3.41. The van der Waals surface area contributed by atoms with Gasteiger partial charge in [0.2, 0.25) is 10.0 Å². The standard InChI is InChI=1S/C19H26N4O3S/c1-4-22(5-2)27(25,26)17-8-6-7-16(13-17)19(24)21-18-11-12-20-23(18)14(3)15-9-10-15/h6-8,11-15H,4-5,9-10H2,1-3H3,(H,21,24). The van der Waals surface area contributed by atoms with E-state index in [2.05, 4.69) is 17.3 Å². The highest BCUT2D eigenvalue weighted by atomic mass is 32.2. The molecule has 1 atom stereocenters. The Morgan fingerprint density at radius 2 is 2.00 bits per heavy atom. The van der Waals surface area contributed by atoms with Crippen LogP contribution in [0.15, 0.2) is 41.4 Å². The van der Waals surface area contributed by atoms with Crippen molar-refractivity contribution in [3.8, 4) is 0 Å². The van der Waals surface area contributed by atoms with Crippen LogP contribution < -0.4 is 5.32 Å². The first-order valence-electron chi connectivity index (χ1n) is 9.33. The van der Waals surface area contributed by atoms with Crippen molar-refractivity contribution in [3.63, 3.8) is 0 Å². The number of anilines is 1. The maximum Gasteiger partial charge on any atom is 0.256 e. The molecule has 1 N–H and O–H groups in total. The minimum Gasteiger partial charge on any atom is -0.307 e. The van der Waals surface area contributed by atoms with Gasteiger partial charge in [-0.25, -0.2) is 13.1 Å². The Hall–Kier alpha value is -2.19. The molecule has 0 bridgehead atoms. The van der Waals surface area contributed by atoms with E-state index >= 15 is 0 Å². The van der Waals surface area contributed by atoms with Crippen molar-refractivity contribution >= 4 is 21.7 Å². The fourth-order valence-electron chi connectivity index (χ4n) is 3.22. The lowest BCUT2D eigenvalue weighted by Gasteiger charge is -2.19. The number of amides is 1. The molecule has 0 radical (unpaired) electrons. The number of sulfonamides is 1. The monoisotopic (exact) mass is 390 g/mol. The van der Waals surface area contributed by atoms with E-state index in [4.69, 9.17) is 0 Å². The molecule has 0 aliphatic heterocycles. The summed E-state index contributed by atoms with van der Waals surface area (Å²) >= 11 is 0. The molecule has 7 nitrogen and oxygen atoms in total. The Kier molecular flexibility index (Phi) is 5.67. The summed E-state index contributed by atoms with van der Waals surface area (Å²) in [6.07, 6.45) is 4.02. The number of carbonyl (C=O) groups excluding carboxylic acids is 1. The summed E-state index contributed by atoms with van der Waals surface area (Å²) < 4.78 is 28.6. The van der Waals surface area contributed by atoms with Crippen LogP contribution in [0.3, 0.4) is 0 Å². The minimum atomic E-state index is -3.61. The molecule has 1 amide bonds. The van der Waals surface area contributed by atoms with Crippen molar-refractivity contribution in [2.75, 3.05) is 18.4 Å². The van der Waals surface area contributed by atoms with E-state index in [-0.39, 0.29) is 16.8 Å². The third-order valence-electron chi connectivity index (χ3n) is 5.04. The van der Waals surface area contributed by atoms with E-state index in [0.717, 1.165) is 0 Å². The largest absolute Gasteiger partial charge is 0.307 e. The lowest BCUT2D eigenvalue weighted by atomic mass is 10.2. The van der Waals surface area contributed by atoms with Crippen molar-refractivity contribution in [3.05, 3.63) is 42.1 Å². The molecule has 1 aromatic heterocycles. The summed E-state index contributed by atoms with van der Waals surface area (Å²) in [7, 11) is -3.61.